The monoisotopic (exact) mass is 329 g/mol. The SMILES string of the molecule is CCCn1ncc(Br)c1C(CC1(OC)CCC1)NC. The maximum atomic E-state index is 5.76. The maximum absolute atomic E-state index is 5.76. The molecular formula is C14H24BrN3O. The molecule has 1 saturated carbocycles. The van der Waals surface area contributed by atoms with Gasteiger partial charge in [-0.15, -0.1) is 0 Å². The van der Waals surface area contributed by atoms with Gasteiger partial charge in [0, 0.05) is 13.7 Å². The molecule has 1 unspecified atom stereocenters. The van der Waals surface area contributed by atoms with Gasteiger partial charge >= 0.3 is 0 Å². The van der Waals surface area contributed by atoms with Crippen molar-refractivity contribution >= 4 is 15.9 Å². The third-order valence-corrected chi connectivity index (χ3v) is 4.83. The largest absolute Gasteiger partial charge is 0.378 e. The van der Waals surface area contributed by atoms with E-state index in [0.717, 1.165) is 23.9 Å². The zero-order valence-electron chi connectivity index (χ0n) is 12.1. The fourth-order valence-electron chi connectivity index (χ4n) is 2.88. The van der Waals surface area contributed by atoms with Gasteiger partial charge in [-0.1, -0.05) is 6.92 Å². The Balaban J connectivity index is 2.19. The van der Waals surface area contributed by atoms with Gasteiger partial charge in [0.25, 0.3) is 0 Å². The van der Waals surface area contributed by atoms with Crippen LogP contribution in [0.1, 0.15) is 50.8 Å². The second kappa shape index (κ2) is 6.37. The normalized spacial score (nSPS) is 19.2. The minimum absolute atomic E-state index is 0.0639. The molecule has 1 N–H and O–H groups in total. The minimum Gasteiger partial charge on any atom is -0.378 e. The van der Waals surface area contributed by atoms with Crippen LogP contribution in [0.4, 0.5) is 0 Å². The fourth-order valence-corrected chi connectivity index (χ4v) is 3.45. The Morgan fingerprint density at radius 3 is 2.79 bits per heavy atom. The van der Waals surface area contributed by atoms with Crippen molar-refractivity contribution in [1.82, 2.24) is 15.1 Å². The molecule has 1 aliphatic carbocycles. The van der Waals surface area contributed by atoms with Crippen molar-refractivity contribution in [3.63, 3.8) is 0 Å². The number of methoxy groups -OCH3 is 1. The first-order chi connectivity index (χ1) is 9.15. The van der Waals surface area contributed by atoms with Crippen LogP contribution in [0.5, 0.6) is 0 Å². The van der Waals surface area contributed by atoms with Crippen molar-refractivity contribution in [2.45, 2.75) is 57.2 Å². The average molecular weight is 330 g/mol. The van der Waals surface area contributed by atoms with Crippen molar-refractivity contribution < 1.29 is 4.74 Å². The molecule has 108 valence electrons. The Morgan fingerprint density at radius 2 is 2.32 bits per heavy atom. The van der Waals surface area contributed by atoms with Crippen LogP contribution in [0.15, 0.2) is 10.7 Å². The van der Waals surface area contributed by atoms with Crippen LogP contribution in [0.2, 0.25) is 0 Å². The summed E-state index contributed by atoms with van der Waals surface area (Å²) in [6, 6.07) is 0.281. The number of aromatic nitrogens is 2. The third-order valence-electron chi connectivity index (χ3n) is 4.22. The number of nitrogens with zero attached hydrogens (tertiary/aromatic N) is 2. The lowest BCUT2D eigenvalue weighted by Gasteiger charge is -2.42. The minimum atomic E-state index is 0.0639. The molecule has 1 aliphatic rings. The van der Waals surface area contributed by atoms with Crippen LogP contribution < -0.4 is 5.32 Å². The number of nitrogens with one attached hydrogen (secondary N) is 1. The van der Waals surface area contributed by atoms with Crippen molar-refractivity contribution in [2.24, 2.45) is 0 Å². The number of hydrogen-bond donors (Lipinski definition) is 1. The molecule has 0 saturated heterocycles. The lowest BCUT2D eigenvalue weighted by atomic mass is 9.75. The zero-order valence-corrected chi connectivity index (χ0v) is 13.7. The summed E-state index contributed by atoms with van der Waals surface area (Å²) in [4.78, 5) is 0. The summed E-state index contributed by atoms with van der Waals surface area (Å²) in [5, 5.41) is 7.89. The van der Waals surface area contributed by atoms with Crippen LogP contribution in [-0.2, 0) is 11.3 Å². The predicted molar refractivity (Wildman–Crippen MR) is 80.2 cm³/mol. The summed E-state index contributed by atoms with van der Waals surface area (Å²) in [7, 11) is 3.85. The molecule has 5 heteroatoms. The topological polar surface area (TPSA) is 39.1 Å². The maximum Gasteiger partial charge on any atom is 0.0697 e. The van der Waals surface area contributed by atoms with Crippen molar-refractivity contribution in [3.8, 4) is 0 Å². The standard InChI is InChI=1S/C14H24BrN3O/c1-4-8-18-13(11(15)10-17-18)12(16-2)9-14(19-3)6-5-7-14/h10,12,16H,4-9H2,1-3H3. The molecule has 0 aromatic carbocycles. The van der Waals surface area contributed by atoms with Gasteiger partial charge in [-0.05, 0) is 55.1 Å². The van der Waals surface area contributed by atoms with Gasteiger partial charge in [0.2, 0.25) is 0 Å². The summed E-state index contributed by atoms with van der Waals surface area (Å²) in [5.41, 5.74) is 1.31. The van der Waals surface area contributed by atoms with Gasteiger partial charge in [0.15, 0.2) is 0 Å². The van der Waals surface area contributed by atoms with E-state index in [4.69, 9.17) is 4.74 Å². The predicted octanol–water partition coefficient (Wildman–Crippen LogP) is 3.28. The first kappa shape index (κ1) is 15.0. The Kier molecular flexibility index (Phi) is 5.03. The number of rotatable bonds is 7. The Hall–Kier alpha value is -0.390. The molecule has 0 aliphatic heterocycles. The molecule has 2 rings (SSSR count). The molecule has 1 aromatic heterocycles. The van der Waals surface area contributed by atoms with Crippen LogP contribution >= 0.6 is 15.9 Å². The molecule has 1 atom stereocenters. The van der Waals surface area contributed by atoms with Crippen LogP contribution in [-0.4, -0.2) is 29.5 Å². The van der Waals surface area contributed by atoms with E-state index >= 15 is 0 Å². The van der Waals surface area contributed by atoms with E-state index in [0.29, 0.717) is 0 Å². The van der Waals surface area contributed by atoms with Crippen molar-refractivity contribution in [2.75, 3.05) is 14.2 Å². The molecule has 0 spiro atoms. The molecule has 19 heavy (non-hydrogen) atoms. The highest BCUT2D eigenvalue weighted by Crippen LogP contribution is 2.42. The number of ether oxygens (including phenoxy) is 1. The highest BCUT2D eigenvalue weighted by atomic mass is 79.9. The zero-order chi connectivity index (χ0) is 13.9. The van der Waals surface area contributed by atoms with Crippen LogP contribution in [0.3, 0.4) is 0 Å². The fraction of sp³-hybridized carbons (Fsp3) is 0.786. The summed E-state index contributed by atoms with van der Waals surface area (Å²) in [6.45, 7) is 3.13. The smallest absolute Gasteiger partial charge is 0.0697 e. The van der Waals surface area contributed by atoms with Crippen molar-refractivity contribution in [1.29, 1.82) is 0 Å². The summed E-state index contributed by atoms with van der Waals surface area (Å²) < 4.78 is 8.95. The van der Waals surface area contributed by atoms with Crippen LogP contribution in [0, 0.1) is 0 Å². The third kappa shape index (κ3) is 3.03. The second-order valence-electron chi connectivity index (χ2n) is 5.39. The Morgan fingerprint density at radius 1 is 1.58 bits per heavy atom. The van der Waals surface area contributed by atoms with Crippen molar-refractivity contribution in [3.05, 3.63) is 16.4 Å². The first-order valence-corrected chi connectivity index (χ1v) is 7.88. The Labute approximate surface area is 124 Å². The van der Waals surface area contributed by atoms with Gasteiger partial charge in [-0.25, -0.2) is 0 Å². The molecule has 0 amide bonds. The van der Waals surface area contributed by atoms with Gasteiger partial charge in [-0.2, -0.15) is 5.10 Å². The molecular weight excluding hydrogens is 306 g/mol. The number of hydrogen-bond acceptors (Lipinski definition) is 3. The quantitative estimate of drug-likeness (QED) is 0.834. The molecule has 0 bridgehead atoms. The first-order valence-electron chi connectivity index (χ1n) is 7.09. The van der Waals surface area contributed by atoms with Crippen LogP contribution in [0.25, 0.3) is 0 Å². The number of aryl methyl sites for hydroxylation is 1. The van der Waals surface area contributed by atoms with E-state index in [-0.39, 0.29) is 11.6 Å². The van der Waals surface area contributed by atoms with Gasteiger partial charge < -0.3 is 10.1 Å². The second-order valence-corrected chi connectivity index (χ2v) is 6.24. The molecule has 1 fully saturated rings. The molecule has 1 heterocycles. The molecule has 0 radical (unpaired) electrons. The molecule has 4 nitrogen and oxygen atoms in total. The van der Waals surface area contributed by atoms with E-state index in [1.165, 1.54) is 25.0 Å². The van der Waals surface area contributed by atoms with E-state index in [9.17, 15) is 0 Å². The molecule has 1 aromatic rings. The van der Waals surface area contributed by atoms with E-state index < -0.39 is 0 Å². The van der Waals surface area contributed by atoms with E-state index in [1.807, 2.05) is 20.4 Å². The lowest BCUT2D eigenvalue weighted by molar-refractivity contribution is -0.0839. The summed E-state index contributed by atoms with van der Waals surface area (Å²) in [5.74, 6) is 0. The summed E-state index contributed by atoms with van der Waals surface area (Å²) in [6.07, 6.45) is 7.61. The lowest BCUT2D eigenvalue weighted by Crippen LogP contribution is -2.42. The average Bonchev–Trinajstić information content (AvgIpc) is 2.72. The highest BCUT2D eigenvalue weighted by Gasteiger charge is 2.40. The summed E-state index contributed by atoms with van der Waals surface area (Å²) >= 11 is 3.63. The van der Waals surface area contributed by atoms with Gasteiger partial charge in [0.1, 0.15) is 0 Å². The van der Waals surface area contributed by atoms with E-state index in [2.05, 4.69) is 38.0 Å². The number of halogens is 1. The van der Waals surface area contributed by atoms with Gasteiger partial charge in [-0.3, -0.25) is 4.68 Å². The highest BCUT2D eigenvalue weighted by molar-refractivity contribution is 9.10. The van der Waals surface area contributed by atoms with E-state index in [1.54, 1.807) is 0 Å². The Bertz CT molecular complexity index is 409. The van der Waals surface area contributed by atoms with Gasteiger partial charge in [0.05, 0.1) is 28.0 Å².